The highest BCUT2D eigenvalue weighted by molar-refractivity contribution is 6.30. The van der Waals surface area contributed by atoms with Gasteiger partial charge in [-0.2, -0.15) is 0 Å². The minimum Gasteiger partial charge on any atom is -0.362 e. The molecule has 0 bridgehead atoms. The number of rotatable bonds is 6. The first kappa shape index (κ1) is 22.6. The van der Waals surface area contributed by atoms with Gasteiger partial charge in [-0.25, -0.2) is 0 Å². The van der Waals surface area contributed by atoms with Crippen molar-refractivity contribution in [3.05, 3.63) is 69.4 Å². The Bertz CT molecular complexity index is 1200. The molecule has 1 saturated heterocycles. The Morgan fingerprint density at radius 3 is 2.61 bits per heavy atom. The predicted molar refractivity (Wildman–Crippen MR) is 127 cm³/mol. The van der Waals surface area contributed by atoms with Gasteiger partial charge in [0.1, 0.15) is 11.7 Å². The lowest BCUT2D eigenvalue weighted by atomic mass is 10.0. The SMILES string of the molecule is CC(=O)NC(Cc1c[nH]c2ccccc12)C(=O)N1CCN(c2ccc(Cl)cc2[N+](=O)[O-])CC1. The van der Waals surface area contributed by atoms with E-state index >= 15 is 0 Å². The average molecular weight is 470 g/mol. The number of nitro benzene ring substituents is 1. The van der Waals surface area contributed by atoms with Gasteiger partial charge in [0, 0.05) is 67.7 Å². The summed E-state index contributed by atoms with van der Waals surface area (Å²) in [4.78, 5) is 42.9. The van der Waals surface area contributed by atoms with Crippen molar-refractivity contribution >= 4 is 45.7 Å². The number of carbonyl (C=O) groups is 2. The fourth-order valence-electron chi connectivity index (χ4n) is 4.26. The Hall–Kier alpha value is -3.59. The highest BCUT2D eigenvalue weighted by Crippen LogP contribution is 2.31. The first-order valence-corrected chi connectivity index (χ1v) is 11.0. The number of aromatic nitrogens is 1. The Kier molecular flexibility index (Phi) is 6.50. The molecule has 1 aromatic heterocycles. The molecular formula is C23H24ClN5O4. The molecule has 4 rings (SSSR count). The minimum absolute atomic E-state index is 0.0577. The lowest BCUT2D eigenvalue weighted by Crippen LogP contribution is -2.55. The van der Waals surface area contributed by atoms with Crippen LogP contribution in [0.25, 0.3) is 10.9 Å². The Morgan fingerprint density at radius 2 is 1.91 bits per heavy atom. The van der Waals surface area contributed by atoms with Gasteiger partial charge in [-0.15, -0.1) is 0 Å². The molecule has 3 aromatic rings. The zero-order valence-corrected chi connectivity index (χ0v) is 18.8. The number of fused-ring (bicyclic) bond motifs is 1. The third-order valence-corrected chi connectivity index (χ3v) is 6.08. The number of nitro groups is 1. The number of piperazine rings is 1. The van der Waals surface area contributed by atoms with Crippen LogP contribution in [0, 0.1) is 10.1 Å². The number of amides is 2. The van der Waals surface area contributed by atoms with E-state index in [4.69, 9.17) is 11.6 Å². The third kappa shape index (κ3) is 4.93. The molecule has 0 radical (unpaired) electrons. The number of carbonyl (C=O) groups excluding carboxylic acids is 2. The van der Waals surface area contributed by atoms with Crippen molar-refractivity contribution in [1.82, 2.24) is 15.2 Å². The molecule has 2 N–H and O–H groups in total. The van der Waals surface area contributed by atoms with E-state index in [2.05, 4.69) is 10.3 Å². The average Bonchev–Trinajstić information content (AvgIpc) is 3.21. The van der Waals surface area contributed by atoms with Gasteiger partial charge in [0.2, 0.25) is 11.8 Å². The molecule has 2 aromatic carbocycles. The van der Waals surface area contributed by atoms with E-state index in [1.54, 1.807) is 17.0 Å². The molecule has 0 saturated carbocycles. The van der Waals surface area contributed by atoms with Gasteiger partial charge in [0.25, 0.3) is 5.69 Å². The molecule has 0 spiro atoms. The van der Waals surface area contributed by atoms with Crippen molar-refractivity contribution < 1.29 is 14.5 Å². The van der Waals surface area contributed by atoms with Crippen molar-refractivity contribution in [3.63, 3.8) is 0 Å². The largest absolute Gasteiger partial charge is 0.362 e. The first-order chi connectivity index (χ1) is 15.8. The molecular weight excluding hydrogens is 446 g/mol. The van der Waals surface area contributed by atoms with Crippen LogP contribution < -0.4 is 10.2 Å². The Labute approximate surface area is 195 Å². The number of hydrogen-bond donors (Lipinski definition) is 2. The molecule has 1 aliphatic heterocycles. The smallest absolute Gasteiger partial charge is 0.294 e. The fraction of sp³-hybridized carbons (Fsp3) is 0.304. The molecule has 10 heteroatoms. The van der Waals surface area contributed by atoms with Crippen molar-refractivity contribution in [3.8, 4) is 0 Å². The zero-order chi connectivity index (χ0) is 23.5. The quantitative estimate of drug-likeness (QED) is 0.425. The van der Waals surface area contributed by atoms with Gasteiger partial charge < -0.3 is 20.1 Å². The van der Waals surface area contributed by atoms with E-state index in [0.29, 0.717) is 43.3 Å². The van der Waals surface area contributed by atoms with Crippen LogP contribution in [-0.2, 0) is 16.0 Å². The topological polar surface area (TPSA) is 112 Å². The monoisotopic (exact) mass is 469 g/mol. The van der Waals surface area contributed by atoms with E-state index in [9.17, 15) is 19.7 Å². The fourth-order valence-corrected chi connectivity index (χ4v) is 4.43. The second-order valence-corrected chi connectivity index (χ2v) is 8.46. The van der Waals surface area contributed by atoms with Gasteiger partial charge in [0.05, 0.1) is 4.92 Å². The van der Waals surface area contributed by atoms with Gasteiger partial charge in [-0.1, -0.05) is 29.8 Å². The van der Waals surface area contributed by atoms with E-state index in [1.807, 2.05) is 35.4 Å². The van der Waals surface area contributed by atoms with Gasteiger partial charge in [-0.3, -0.25) is 19.7 Å². The highest BCUT2D eigenvalue weighted by atomic mass is 35.5. The number of nitrogens with zero attached hydrogens (tertiary/aromatic N) is 3. The molecule has 0 aliphatic carbocycles. The molecule has 1 unspecified atom stereocenters. The van der Waals surface area contributed by atoms with E-state index < -0.39 is 11.0 Å². The number of halogens is 1. The summed E-state index contributed by atoms with van der Waals surface area (Å²) < 4.78 is 0. The molecule has 2 heterocycles. The van der Waals surface area contributed by atoms with Crippen LogP contribution in [0.15, 0.2) is 48.7 Å². The summed E-state index contributed by atoms with van der Waals surface area (Å²) in [5.41, 5.74) is 2.35. The van der Waals surface area contributed by atoms with Crippen molar-refractivity contribution in [2.24, 2.45) is 0 Å². The van der Waals surface area contributed by atoms with E-state index in [-0.39, 0.29) is 17.5 Å². The lowest BCUT2D eigenvalue weighted by molar-refractivity contribution is -0.384. The van der Waals surface area contributed by atoms with Gasteiger partial charge >= 0.3 is 0 Å². The summed E-state index contributed by atoms with van der Waals surface area (Å²) in [6.45, 7) is 3.06. The number of para-hydroxylation sites is 1. The molecule has 33 heavy (non-hydrogen) atoms. The Balaban J connectivity index is 1.47. The number of anilines is 1. The van der Waals surface area contributed by atoms with Crippen LogP contribution in [0.3, 0.4) is 0 Å². The molecule has 9 nitrogen and oxygen atoms in total. The lowest BCUT2D eigenvalue weighted by Gasteiger charge is -2.37. The molecule has 1 fully saturated rings. The van der Waals surface area contributed by atoms with Crippen molar-refractivity contribution in [2.45, 2.75) is 19.4 Å². The Morgan fingerprint density at radius 1 is 1.18 bits per heavy atom. The van der Waals surface area contributed by atoms with Gasteiger partial charge in [-0.05, 0) is 23.8 Å². The van der Waals surface area contributed by atoms with Crippen LogP contribution >= 0.6 is 11.6 Å². The molecule has 2 amide bonds. The standard InChI is InChI=1S/C23H24ClN5O4/c1-15(30)26-20(12-16-14-25-19-5-3-2-4-18(16)19)23(31)28-10-8-27(9-11-28)21-7-6-17(24)13-22(21)29(32)33/h2-7,13-14,20,25H,8-12H2,1H3,(H,26,30). The van der Waals surface area contributed by atoms with Crippen LogP contribution in [0.2, 0.25) is 5.02 Å². The second-order valence-electron chi connectivity index (χ2n) is 8.02. The summed E-state index contributed by atoms with van der Waals surface area (Å²) in [6.07, 6.45) is 2.23. The summed E-state index contributed by atoms with van der Waals surface area (Å²) in [7, 11) is 0. The predicted octanol–water partition coefficient (Wildman–Crippen LogP) is 3.13. The van der Waals surface area contributed by atoms with E-state index in [1.165, 1.54) is 13.0 Å². The molecule has 1 atom stereocenters. The van der Waals surface area contributed by atoms with Crippen LogP contribution in [0.1, 0.15) is 12.5 Å². The highest BCUT2D eigenvalue weighted by Gasteiger charge is 2.30. The third-order valence-electron chi connectivity index (χ3n) is 5.84. The number of aromatic amines is 1. The number of hydrogen-bond acceptors (Lipinski definition) is 5. The summed E-state index contributed by atoms with van der Waals surface area (Å²) in [5.74, 6) is -0.440. The maximum absolute atomic E-state index is 13.3. The van der Waals surface area contributed by atoms with Crippen LogP contribution in [0.5, 0.6) is 0 Å². The van der Waals surface area contributed by atoms with Crippen LogP contribution in [-0.4, -0.2) is 58.8 Å². The second kappa shape index (κ2) is 9.50. The minimum atomic E-state index is -0.696. The van der Waals surface area contributed by atoms with Crippen molar-refractivity contribution in [1.29, 1.82) is 0 Å². The summed E-state index contributed by atoms with van der Waals surface area (Å²) >= 11 is 5.92. The maximum atomic E-state index is 13.3. The number of H-pyrrole nitrogens is 1. The molecule has 172 valence electrons. The van der Waals surface area contributed by atoms with Crippen LogP contribution in [0.4, 0.5) is 11.4 Å². The number of nitrogens with one attached hydrogen (secondary N) is 2. The first-order valence-electron chi connectivity index (χ1n) is 10.6. The molecule has 1 aliphatic rings. The number of benzene rings is 2. The van der Waals surface area contributed by atoms with Crippen molar-refractivity contribution in [2.75, 3.05) is 31.1 Å². The van der Waals surface area contributed by atoms with Gasteiger partial charge in [0.15, 0.2) is 0 Å². The van der Waals surface area contributed by atoms with E-state index in [0.717, 1.165) is 16.5 Å². The normalized spacial score (nSPS) is 14.8. The summed E-state index contributed by atoms with van der Waals surface area (Å²) in [5, 5.41) is 15.5. The zero-order valence-electron chi connectivity index (χ0n) is 18.1. The summed E-state index contributed by atoms with van der Waals surface area (Å²) in [6, 6.07) is 11.7. The maximum Gasteiger partial charge on any atom is 0.294 e.